The summed E-state index contributed by atoms with van der Waals surface area (Å²) in [5.41, 5.74) is 4.56. The van der Waals surface area contributed by atoms with Gasteiger partial charge in [-0.1, -0.05) is 43.3 Å². The average molecular weight is 502 g/mol. The Morgan fingerprint density at radius 3 is 2.23 bits per heavy atom. The monoisotopic (exact) mass is 501 g/mol. The fourth-order valence-corrected chi connectivity index (χ4v) is 5.19. The van der Waals surface area contributed by atoms with Gasteiger partial charge < -0.3 is 10.2 Å². The lowest BCUT2D eigenvalue weighted by Crippen LogP contribution is -2.49. The second kappa shape index (κ2) is 12.7. The molecule has 0 radical (unpaired) electrons. The number of sulfonamides is 1. The molecule has 35 heavy (non-hydrogen) atoms. The smallest absolute Gasteiger partial charge is 0.242 e. The second-order valence-electron chi connectivity index (χ2n) is 8.92. The van der Waals surface area contributed by atoms with Crippen molar-refractivity contribution in [2.45, 2.75) is 66.5 Å². The van der Waals surface area contributed by atoms with Gasteiger partial charge in [0.05, 0.1) is 11.9 Å². The van der Waals surface area contributed by atoms with E-state index in [1.807, 2.05) is 71.0 Å². The molecule has 0 fully saturated rings. The number of nitrogens with one attached hydrogen (secondary N) is 1. The van der Waals surface area contributed by atoms with Crippen LogP contribution in [-0.4, -0.2) is 50.5 Å². The van der Waals surface area contributed by atoms with Gasteiger partial charge in [0.25, 0.3) is 0 Å². The number of anilines is 1. The molecule has 0 unspecified atom stereocenters. The molecular weight excluding hydrogens is 462 g/mol. The van der Waals surface area contributed by atoms with E-state index in [0.717, 1.165) is 22.3 Å². The van der Waals surface area contributed by atoms with E-state index >= 15 is 0 Å². The molecule has 0 saturated carbocycles. The van der Waals surface area contributed by atoms with Gasteiger partial charge in [-0.25, -0.2) is 8.42 Å². The molecule has 0 bridgehead atoms. The van der Waals surface area contributed by atoms with E-state index in [4.69, 9.17) is 0 Å². The lowest BCUT2D eigenvalue weighted by molar-refractivity contribution is -0.141. The average Bonchev–Trinajstić information content (AvgIpc) is 2.79. The summed E-state index contributed by atoms with van der Waals surface area (Å²) in [7, 11) is -3.53. The van der Waals surface area contributed by atoms with Gasteiger partial charge in [-0.05, 0) is 68.9 Å². The second-order valence-corrected chi connectivity index (χ2v) is 10.8. The highest BCUT2D eigenvalue weighted by atomic mass is 32.2. The molecule has 2 amide bonds. The Morgan fingerprint density at radius 2 is 1.63 bits per heavy atom. The lowest BCUT2D eigenvalue weighted by atomic mass is 10.0. The molecule has 2 rings (SSSR count). The van der Waals surface area contributed by atoms with Crippen molar-refractivity contribution in [3.8, 4) is 0 Å². The van der Waals surface area contributed by atoms with E-state index in [2.05, 4.69) is 5.32 Å². The Hall–Kier alpha value is -2.87. The van der Waals surface area contributed by atoms with Gasteiger partial charge in [-0.15, -0.1) is 0 Å². The summed E-state index contributed by atoms with van der Waals surface area (Å²) < 4.78 is 26.5. The van der Waals surface area contributed by atoms with Crippen LogP contribution in [0.1, 0.15) is 55.4 Å². The number of carbonyl (C=O) groups is 2. The summed E-state index contributed by atoms with van der Waals surface area (Å²) in [5.74, 6) is -0.342. The number of nitrogens with zero attached hydrogens (tertiary/aromatic N) is 2. The molecule has 0 aromatic heterocycles. The Labute approximate surface area is 210 Å². The molecule has 0 spiro atoms. The number of amides is 2. The molecule has 7 nitrogen and oxygen atoms in total. The van der Waals surface area contributed by atoms with Crippen molar-refractivity contribution in [2.24, 2.45) is 0 Å². The molecular formula is C27H39N3O4S. The van der Waals surface area contributed by atoms with Crippen LogP contribution in [-0.2, 0) is 26.2 Å². The van der Waals surface area contributed by atoms with Crippen LogP contribution < -0.4 is 9.62 Å². The first-order valence-electron chi connectivity index (χ1n) is 12.2. The van der Waals surface area contributed by atoms with Crippen molar-refractivity contribution >= 4 is 27.5 Å². The van der Waals surface area contributed by atoms with Gasteiger partial charge in [0.2, 0.25) is 21.8 Å². The van der Waals surface area contributed by atoms with Crippen LogP contribution >= 0.6 is 0 Å². The first-order chi connectivity index (χ1) is 16.5. The largest absolute Gasteiger partial charge is 0.355 e. The van der Waals surface area contributed by atoms with E-state index < -0.39 is 16.1 Å². The number of hydrogen-bond donors (Lipinski definition) is 1. The molecule has 0 aliphatic heterocycles. The van der Waals surface area contributed by atoms with Crippen LogP contribution in [0.3, 0.4) is 0 Å². The van der Waals surface area contributed by atoms with Crippen LogP contribution in [0.2, 0.25) is 0 Å². The van der Waals surface area contributed by atoms with E-state index in [-0.39, 0.29) is 24.8 Å². The van der Waals surface area contributed by atoms with Crippen molar-refractivity contribution in [1.29, 1.82) is 0 Å². The van der Waals surface area contributed by atoms with E-state index in [0.29, 0.717) is 31.6 Å². The SMILES string of the molecule is CCNC(=O)[C@@H](CC)N(Cc1ccccc1C)C(=O)CCCN(c1cccc(C)c1C)S(C)(=O)=O. The molecule has 2 aromatic carbocycles. The zero-order valence-electron chi connectivity index (χ0n) is 21.8. The Bertz CT molecular complexity index is 1130. The molecule has 2 aromatic rings. The maximum atomic E-state index is 13.4. The summed E-state index contributed by atoms with van der Waals surface area (Å²) in [6.07, 6.45) is 2.15. The Balaban J connectivity index is 2.25. The number of aryl methyl sites for hydroxylation is 2. The summed E-state index contributed by atoms with van der Waals surface area (Å²) >= 11 is 0. The first-order valence-corrected chi connectivity index (χ1v) is 14.0. The van der Waals surface area contributed by atoms with Gasteiger partial charge in [0.1, 0.15) is 6.04 Å². The number of carbonyl (C=O) groups excluding carboxylic acids is 2. The standard InChI is InChI=1S/C27H39N3O4S/c1-7-24(27(32)28-8-2)29(19-23-15-10-9-13-21(23)4)26(31)17-12-18-30(35(6,33)34)25-16-11-14-20(3)22(25)5/h9-11,13-16,24H,7-8,12,17-19H2,1-6H3,(H,28,32)/t24-/m1/s1. The predicted octanol–water partition coefficient (Wildman–Crippen LogP) is 4.10. The van der Waals surface area contributed by atoms with Gasteiger partial charge >= 0.3 is 0 Å². The maximum Gasteiger partial charge on any atom is 0.242 e. The summed E-state index contributed by atoms with van der Waals surface area (Å²) in [6.45, 7) is 10.6. The van der Waals surface area contributed by atoms with Gasteiger partial charge in [0, 0.05) is 26.1 Å². The topological polar surface area (TPSA) is 86.8 Å². The molecule has 0 aliphatic carbocycles. The zero-order chi connectivity index (χ0) is 26.2. The number of benzene rings is 2. The predicted molar refractivity (Wildman–Crippen MR) is 142 cm³/mol. The maximum absolute atomic E-state index is 13.4. The molecule has 8 heteroatoms. The van der Waals surface area contributed by atoms with Crippen LogP contribution in [0.4, 0.5) is 5.69 Å². The number of rotatable bonds is 12. The van der Waals surface area contributed by atoms with Gasteiger partial charge in [-0.2, -0.15) is 0 Å². The van der Waals surface area contributed by atoms with Crippen LogP contribution in [0, 0.1) is 20.8 Å². The third-order valence-corrected chi connectivity index (χ3v) is 7.52. The number of hydrogen-bond acceptors (Lipinski definition) is 4. The van der Waals surface area contributed by atoms with E-state index in [1.54, 1.807) is 11.0 Å². The molecule has 1 N–H and O–H groups in total. The van der Waals surface area contributed by atoms with Crippen molar-refractivity contribution in [1.82, 2.24) is 10.2 Å². The van der Waals surface area contributed by atoms with E-state index in [1.165, 1.54) is 10.6 Å². The Morgan fingerprint density at radius 1 is 0.971 bits per heavy atom. The summed E-state index contributed by atoms with van der Waals surface area (Å²) in [5, 5.41) is 2.84. The fraction of sp³-hybridized carbons (Fsp3) is 0.481. The minimum absolute atomic E-state index is 0.138. The molecule has 0 heterocycles. The van der Waals surface area contributed by atoms with Crippen LogP contribution in [0.15, 0.2) is 42.5 Å². The summed E-state index contributed by atoms with van der Waals surface area (Å²) in [4.78, 5) is 27.8. The van der Waals surface area contributed by atoms with Gasteiger partial charge in [0.15, 0.2) is 0 Å². The quantitative estimate of drug-likeness (QED) is 0.474. The summed E-state index contributed by atoms with van der Waals surface area (Å²) in [6, 6.07) is 12.8. The van der Waals surface area contributed by atoms with Crippen molar-refractivity contribution < 1.29 is 18.0 Å². The Kier molecular flexibility index (Phi) is 10.3. The zero-order valence-corrected chi connectivity index (χ0v) is 22.6. The van der Waals surface area contributed by atoms with Crippen molar-refractivity contribution in [3.63, 3.8) is 0 Å². The molecule has 192 valence electrons. The van der Waals surface area contributed by atoms with Crippen molar-refractivity contribution in [2.75, 3.05) is 23.7 Å². The lowest BCUT2D eigenvalue weighted by Gasteiger charge is -2.31. The van der Waals surface area contributed by atoms with Crippen LogP contribution in [0.5, 0.6) is 0 Å². The fourth-order valence-electron chi connectivity index (χ4n) is 4.17. The highest BCUT2D eigenvalue weighted by Crippen LogP contribution is 2.25. The molecule has 1 atom stereocenters. The third-order valence-electron chi connectivity index (χ3n) is 6.34. The van der Waals surface area contributed by atoms with E-state index in [9.17, 15) is 18.0 Å². The molecule has 0 aliphatic rings. The number of likely N-dealkylation sites (N-methyl/N-ethyl adjacent to an activating group) is 1. The van der Waals surface area contributed by atoms with Crippen molar-refractivity contribution in [3.05, 3.63) is 64.7 Å². The normalized spacial score (nSPS) is 12.2. The van der Waals surface area contributed by atoms with Crippen LogP contribution in [0.25, 0.3) is 0 Å². The highest BCUT2D eigenvalue weighted by molar-refractivity contribution is 7.92. The highest BCUT2D eigenvalue weighted by Gasteiger charge is 2.29. The minimum atomic E-state index is -3.53. The molecule has 0 saturated heterocycles. The minimum Gasteiger partial charge on any atom is -0.355 e. The first kappa shape index (κ1) is 28.4. The van der Waals surface area contributed by atoms with Gasteiger partial charge in [-0.3, -0.25) is 13.9 Å². The third kappa shape index (κ3) is 7.56.